The first-order valence-electron chi connectivity index (χ1n) is 12.0. The van der Waals surface area contributed by atoms with Gasteiger partial charge < -0.3 is 15.2 Å². The number of hydrogen-bond acceptors (Lipinski definition) is 3. The molecule has 0 bridgehead atoms. The first-order valence-corrected chi connectivity index (χ1v) is 12.0. The van der Waals surface area contributed by atoms with E-state index >= 15 is 0 Å². The van der Waals surface area contributed by atoms with Crippen molar-refractivity contribution >= 4 is 13.8 Å². The third kappa shape index (κ3) is 13.7. The van der Waals surface area contributed by atoms with Crippen molar-refractivity contribution in [3.63, 3.8) is 0 Å². The van der Waals surface area contributed by atoms with Crippen LogP contribution in [0.5, 0.6) is 0 Å². The van der Waals surface area contributed by atoms with Crippen LogP contribution >= 0.6 is 0 Å². The quantitative estimate of drug-likeness (QED) is 0.216. The molecular weight excluding hydrogens is 361 g/mol. The Morgan fingerprint density at radius 3 is 2.38 bits per heavy atom. The third-order valence-electron chi connectivity index (χ3n) is 5.66. The monoisotopic (exact) mass is 405 g/mol. The van der Waals surface area contributed by atoms with Crippen molar-refractivity contribution in [2.75, 3.05) is 13.2 Å². The molecule has 1 aliphatic rings. The number of aliphatic hydroxyl groups is 1. The summed E-state index contributed by atoms with van der Waals surface area (Å²) >= 11 is 0. The van der Waals surface area contributed by atoms with E-state index in [2.05, 4.69) is 36.5 Å². The summed E-state index contributed by atoms with van der Waals surface area (Å²) in [6, 6.07) is 0.177. The molecule has 3 atom stereocenters. The Morgan fingerprint density at radius 2 is 1.69 bits per heavy atom. The second-order valence-corrected chi connectivity index (χ2v) is 8.45. The highest BCUT2D eigenvalue weighted by Crippen LogP contribution is 2.24. The topological polar surface area (TPSA) is 58.6 Å². The minimum atomic E-state index is -0.124. The fourth-order valence-corrected chi connectivity index (χ4v) is 3.88. The summed E-state index contributed by atoms with van der Waals surface area (Å²) in [7, 11) is 2.02. The highest BCUT2D eigenvalue weighted by Gasteiger charge is 2.32. The van der Waals surface area contributed by atoms with Gasteiger partial charge in [-0.1, -0.05) is 63.3 Å². The van der Waals surface area contributed by atoms with Crippen molar-refractivity contribution in [1.82, 2.24) is 5.32 Å². The number of unbranched alkanes of at least 4 members (excludes halogenated alkanes) is 8. The average Bonchev–Trinajstić information content (AvgIpc) is 3.09. The van der Waals surface area contributed by atoms with Gasteiger partial charge in [0.2, 0.25) is 5.91 Å². The number of carbonyl (C=O) groups excluding carboxylic acids is 1. The molecule has 2 N–H and O–H groups in total. The van der Waals surface area contributed by atoms with Gasteiger partial charge >= 0.3 is 0 Å². The zero-order valence-corrected chi connectivity index (χ0v) is 18.9. The molecule has 0 saturated carbocycles. The molecular formula is C24H44BNO3. The van der Waals surface area contributed by atoms with E-state index in [1.807, 2.05) is 7.85 Å². The van der Waals surface area contributed by atoms with E-state index in [-0.39, 0.29) is 30.5 Å². The Kier molecular flexibility index (Phi) is 15.9. The predicted octanol–water partition coefficient (Wildman–Crippen LogP) is 4.27. The lowest BCUT2D eigenvalue weighted by atomic mass is 9.91. The van der Waals surface area contributed by atoms with Crippen LogP contribution in [-0.2, 0) is 9.53 Å². The largest absolute Gasteiger partial charge is 0.394 e. The molecule has 1 rings (SSSR count). The number of carbonyl (C=O) groups is 1. The fraction of sp³-hybridized carbons (Fsp3) is 0.792. The van der Waals surface area contributed by atoms with Gasteiger partial charge in [-0.3, -0.25) is 4.79 Å². The van der Waals surface area contributed by atoms with E-state index in [9.17, 15) is 9.90 Å². The van der Waals surface area contributed by atoms with Crippen LogP contribution in [0, 0.1) is 5.92 Å². The van der Waals surface area contributed by atoms with Crippen molar-refractivity contribution in [1.29, 1.82) is 0 Å². The second-order valence-electron chi connectivity index (χ2n) is 8.45. The van der Waals surface area contributed by atoms with E-state index in [1.165, 1.54) is 44.9 Å². The highest BCUT2D eigenvalue weighted by atomic mass is 16.5. The smallest absolute Gasteiger partial charge is 0.220 e. The Bertz CT molecular complexity index is 467. The molecule has 0 aromatic carbocycles. The number of amides is 1. The molecule has 0 aromatic heterocycles. The summed E-state index contributed by atoms with van der Waals surface area (Å²) in [6.07, 6.45) is 23.7. The van der Waals surface area contributed by atoms with Crippen LogP contribution in [0.4, 0.5) is 0 Å². The van der Waals surface area contributed by atoms with Gasteiger partial charge in [-0.25, -0.2) is 0 Å². The molecule has 1 saturated heterocycles. The van der Waals surface area contributed by atoms with Crippen molar-refractivity contribution in [2.45, 2.75) is 103 Å². The van der Waals surface area contributed by atoms with Gasteiger partial charge in [0, 0.05) is 24.9 Å². The number of ether oxygens (including phenoxy) is 1. The van der Waals surface area contributed by atoms with E-state index in [1.54, 1.807) is 0 Å². The standard InChI is InChI=1S/C24H44BNO3/c1-2-3-4-5-6-7-8-9-10-11-12-13-14-15-16-17-24(28)26-19-21-18-23(25)29-22(21)20-27/h6-7,9-10,21-23,27H,2-5,8,11-20,25H2,1H3,(H,26,28)/b7-6-,10-9-/t21-,22-,23-/m1/s1. The zero-order valence-electron chi connectivity index (χ0n) is 18.9. The van der Waals surface area contributed by atoms with Crippen LogP contribution in [-0.4, -0.2) is 44.1 Å². The Labute approximate surface area is 180 Å². The summed E-state index contributed by atoms with van der Waals surface area (Å²) in [5.41, 5.74) is 0. The summed E-state index contributed by atoms with van der Waals surface area (Å²) < 4.78 is 5.64. The summed E-state index contributed by atoms with van der Waals surface area (Å²) in [5, 5.41) is 12.3. The first kappa shape index (κ1) is 26.0. The van der Waals surface area contributed by atoms with Crippen LogP contribution in [0.25, 0.3) is 0 Å². The van der Waals surface area contributed by atoms with Gasteiger partial charge in [0.1, 0.15) is 7.85 Å². The van der Waals surface area contributed by atoms with Crippen LogP contribution < -0.4 is 5.32 Å². The van der Waals surface area contributed by atoms with Crippen molar-refractivity contribution in [3.05, 3.63) is 24.3 Å². The summed E-state index contributed by atoms with van der Waals surface area (Å²) in [6.45, 7) is 2.90. The van der Waals surface area contributed by atoms with Crippen LogP contribution in [0.1, 0.15) is 90.4 Å². The van der Waals surface area contributed by atoms with Crippen molar-refractivity contribution in [2.24, 2.45) is 5.92 Å². The maximum absolute atomic E-state index is 12.0. The van der Waals surface area contributed by atoms with Gasteiger partial charge in [-0.05, 0) is 44.9 Å². The molecule has 1 fully saturated rings. The van der Waals surface area contributed by atoms with E-state index in [4.69, 9.17) is 4.74 Å². The number of aliphatic hydroxyl groups excluding tert-OH is 1. The molecule has 166 valence electrons. The second kappa shape index (κ2) is 17.8. The van der Waals surface area contributed by atoms with E-state index < -0.39 is 0 Å². The number of allylic oxidation sites excluding steroid dienone is 4. The number of rotatable bonds is 17. The lowest BCUT2D eigenvalue weighted by Crippen LogP contribution is -2.34. The van der Waals surface area contributed by atoms with Gasteiger partial charge in [-0.15, -0.1) is 0 Å². The Morgan fingerprint density at radius 1 is 1.03 bits per heavy atom. The fourth-order valence-electron chi connectivity index (χ4n) is 3.88. The third-order valence-corrected chi connectivity index (χ3v) is 5.66. The van der Waals surface area contributed by atoms with Crippen LogP contribution in [0.15, 0.2) is 24.3 Å². The molecule has 0 aliphatic carbocycles. The Hall–Kier alpha value is -1.07. The van der Waals surface area contributed by atoms with Gasteiger partial charge in [-0.2, -0.15) is 0 Å². The average molecular weight is 405 g/mol. The number of hydrogen-bond donors (Lipinski definition) is 2. The predicted molar refractivity (Wildman–Crippen MR) is 125 cm³/mol. The molecule has 0 aromatic rings. The Balaban J connectivity index is 1.89. The molecule has 0 radical (unpaired) electrons. The first-order chi connectivity index (χ1) is 14.2. The van der Waals surface area contributed by atoms with Crippen LogP contribution in [0.2, 0.25) is 0 Å². The lowest BCUT2D eigenvalue weighted by Gasteiger charge is -2.16. The lowest BCUT2D eigenvalue weighted by molar-refractivity contribution is -0.121. The van der Waals surface area contributed by atoms with E-state index in [0.717, 1.165) is 32.1 Å². The number of nitrogens with one attached hydrogen (secondary N) is 1. The molecule has 1 aliphatic heterocycles. The van der Waals surface area contributed by atoms with Gasteiger partial charge in [0.15, 0.2) is 0 Å². The minimum absolute atomic E-state index is 0.0375. The van der Waals surface area contributed by atoms with Gasteiger partial charge in [0.05, 0.1) is 12.7 Å². The summed E-state index contributed by atoms with van der Waals surface area (Å²) in [5.74, 6) is 0.371. The van der Waals surface area contributed by atoms with E-state index in [0.29, 0.717) is 13.0 Å². The SMILES string of the molecule is B[C@H]1C[C@H](CNC(=O)CCCCCCC/C=C\C/C=C\CCCCC)[C@@H](CO)O1. The van der Waals surface area contributed by atoms with Crippen LogP contribution in [0.3, 0.4) is 0 Å². The molecule has 0 spiro atoms. The highest BCUT2D eigenvalue weighted by molar-refractivity contribution is 6.11. The molecule has 0 unspecified atom stereocenters. The maximum atomic E-state index is 12.0. The zero-order chi connectivity index (χ0) is 21.2. The normalized spacial score (nSPS) is 22.1. The molecule has 5 heteroatoms. The maximum Gasteiger partial charge on any atom is 0.220 e. The molecule has 1 heterocycles. The summed E-state index contributed by atoms with van der Waals surface area (Å²) in [4.78, 5) is 12.0. The van der Waals surface area contributed by atoms with Gasteiger partial charge in [0.25, 0.3) is 0 Å². The molecule has 29 heavy (non-hydrogen) atoms. The van der Waals surface area contributed by atoms with Crippen molar-refractivity contribution in [3.8, 4) is 0 Å². The molecule has 4 nitrogen and oxygen atoms in total. The minimum Gasteiger partial charge on any atom is -0.394 e. The molecule has 1 amide bonds. The van der Waals surface area contributed by atoms with Crippen molar-refractivity contribution < 1.29 is 14.6 Å².